The molecule has 8 nitrogen and oxygen atoms in total. The van der Waals surface area contributed by atoms with Gasteiger partial charge in [0, 0.05) is 18.5 Å². The molecule has 0 radical (unpaired) electrons. The number of fused-ring (bicyclic) bond motifs is 1. The van der Waals surface area contributed by atoms with Crippen molar-refractivity contribution in [2.24, 2.45) is 0 Å². The first-order valence-corrected chi connectivity index (χ1v) is 8.50. The largest absolute Gasteiger partial charge is 0.325 e. The monoisotopic (exact) mass is 378 g/mol. The molecule has 1 aromatic heterocycles. The third-order valence-corrected chi connectivity index (χ3v) is 4.69. The van der Waals surface area contributed by atoms with E-state index in [1.165, 1.54) is 24.5 Å². The first-order chi connectivity index (χ1) is 13.4. The highest BCUT2D eigenvalue weighted by Gasteiger charge is 2.46. The SMILES string of the molecule is C=CCC1(CC=C)C(=O)Nc2cc([N+](=O)[O-])c(NC(=O)c3cccnc3)cc21. The second-order valence-electron chi connectivity index (χ2n) is 6.39. The summed E-state index contributed by atoms with van der Waals surface area (Å²) in [6, 6.07) is 5.88. The zero-order valence-electron chi connectivity index (χ0n) is 15.0. The highest BCUT2D eigenvalue weighted by atomic mass is 16.6. The number of aromatic nitrogens is 1. The van der Waals surface area contributed by atoms with E-state index in [-0.39, 0.29) is 22.8 Å². The van der Waals surface area contributed by atoms with Gasteiger partial charge in [0.1, 0.15) is 5.69 Å². The molecule has 1 aliphatic heterocycles. The lowest BCUT2D eigenvalue weighted by atomic mass is 9.75. The number of nitrogens with one attached hydrogen (secondary N) is 2. The predicted molar refractivity (Wildman–Crippen MR) is 105 cm³/mol. The number of benzene rings is 1. The molecule has 0 fully saturated rings. The van der Waals surface area contributed by atoms with Crippen LogP contribution >= 0.6 is 0 Å². The summed E-state index contributed by atoms with van der Waals surface area (Å²) in [5, 5.41) is 16.8. The minimum Gasteiger partial charge on any atom is -0.325 e. The Hall–Kier alpha value is -3.81. The number of nitro groups is 1. The zero-order chi connectivity index (χ0) is 20.3. The van der Waals surface area contributed by atoms with E-state index in [0.29, 0.717) is 24.1 Å². The standard InChI is InChI=1S/C20H18N4O4/c1-3-7-20(8-4-2)14-10-16(22-18(25)13-6-5-9-21-12-13)17(24(27)28)11-15(14)23-19(20)26/h3-6,9-12H,1-2,7-8H2,(H,22,25)(H,23,26). The number of carbonyl (C=O) groups is 2. The van der Waals surface area contributed by atoms with Gasteiger partial charge in [-0.15, -0.1) is 13.2 Å². The van der Waals surface area contributed by atoms with E-state index in [1.807, 2.05) is 0 Å². The third kappa shape index (κ3) is 3.16. The Labute approximate surface area is 161 Å². The predicted octanol–water partition coefficient (Wildman–Crippen LogP) is 3.58. The van der Waals surface area contributed by atoms with Gasteiger partial charge in [0.05, 0.1) is 21.6 Å². The molecule has 2 heterocycles. The van der Waals surface area contributed by atoms with E-state index >= 15 is 0 Å². The molecule has 3 rings (SSSR count). The molecule has 2 aromatic rings. The van der Waals surface area contributed by atoms with E-state index in [4.69, 9.17) is 0 Å². The van der Waals surface area contributed by atoms with Crippen molar-refractivity contribution in [1.82, 2.24) is 4.98 Å². The fourth-order valence-electron chi connectivity index (χ4n) is 3.38. The number of amides is 2. The lowest BCUT2D eigenvalue weighted by molar-refractivity contribution is -0.383. The van der Waals surface area contributed by atoms with Crippen molar-refractivity contribution in [3.8, 4) is 0 Å². The van der Waals surface area contributed by atoms with Crippen LogP contribution in [0.1, 0.15) is 28.8 Å². The van der Waals surface area contributed by atoms with Crippen molar-refractivity contribution in [2.75, 3.05) is 10.6 Å². The van der Waals surface area contributed by atoms with Gasteiger partial charge < -0.3 is 10.6 Å². The number of pyridine rings is 1. The summed E-state index contributed by atoms with van der Waals surface area (Å²) >= 11 is 0. The number of nitrogens with zero attached hydrogens (tertiary/aromatic N) is 2. The minimum atomic E-state index is -0.970. The maximum absolute atomic E-state index is 12.7. The number of rotatable bonds is 7. The second kappa shape index (κ2) is 7.43. The molecule has 0 saturated carbocycles. The van der Waals surface area contributed by atoms with Crippen LogP contribution in [0.25, 0.3) is 0 Å². The van der Waals surface area contributed by atoms with Gasteiger partial charge in [0.2, 0.25) is 5.91 Å². The van der Waals surface area contributed by atoms with Gasteiger partial charge in [-0.1, -0.05) is 12.2 Å². The molecular weight excluding hydrogens is 360 g/mol. The fourth-order valence-corrected chi connectivity index (χ4v) is 3.38. The van der Waals surface area contributed by atoms with Gasteiger partial charge in [0.15, 0.2) is 0 Å². The average Bonchev–Trinajstić information content (AvgIpc) is 2.93. The highest BCUT2D eigenvalue weighted by Crippen LogP contribution is 2.47. The normalized spacial score (nSPS) is 13.9. The van der Waals surface area contributed by atoms with Crippen LogP contribution in [0.5, 0.6) is 0 Å². The van der Waals surface area contributed by atoms with E-state index < -0.39 is 16.2 Å². The zero-order valence-corrected chi connectivity index (χ0v) is 15.0. The Balaban J connectivity index is 2.11. The topological polar surface area (TPSA) is 114 Å². The molecule has 0 spiro atoms. The summed E-state index contributed by atoms with van der Waals surface area (Å²) < 4.78 is 0. The Kier molecular flexibility index (Phi) is 5.04. The number of hydrogen-bond acceptors (Lipinski definition) is 5. The Morgan fingerprint density at radius 2 is 2.04 bits per heavy atom. The van der Waals surface area contributed by atoms with Crippen molar-refractivity contribution < 1.29 is 14.5 Å². The van der Waals surface area contributed by atoms with E-state index in [2.05, 4.69) is 28.8 Å². The molecule has 0 atom stereocenters. The van der Waals surface area contributed by atoms with Gasteiger partial charge in [0.25, 0.3) is 11.6 Å². The summed E-state index contributed by atoms with van der Waals surface area (Å²) in [6.45, 7) is 7.43. The maximum Gasteiger partial charge on any atom is 0.294 e. The minimum absolute atomic E-state index is 0.00611. The quantitative estimate of drug-likeness (QED) is 0.434. The summed E-state index contributed by atoms with van der Waals surface area (Å²) in [6.07, 6.45) is 6.77. The molecule has 2 amide bonds. The molecule has 0 unspecified atom stereocenters. The van der Waals surface area contributed by atoms with Crippen LogP contribution in [0.3, 0.4) is 0 Å². The van der Waals surface area contributed by atoms with Crippen LogP contribution < -0.4 is 10.6 Å². The lowest BCUT2D eigenvalue weighted by Crippen LogP contribution is -2.33. The Bertz CT molecular complexity index is 975. The molecule has 1 aromatic carbocycles. The number of allylic oxidation sites excluding steroid dienone is 2. The lowest BCUT2D eigenvalue weighted by Gasteiger charge is -2.25. The van der Waals surface area contributed by atoms with Crippen LogP contribution in [0, 0.1) is 10.1 Å². The van der Waals surface area contributed by atoms with Crippen LogP contribution in [0.2, 0.25) is 0 Å². The first kappa shape index (κ1) is 19.0. The molecule has 0 aliphatic carbocycles. The summed E-state index contributed by atoms with van der Waals surface area (Å²) in [7, 11) is 0. The van der Waals surface area contributed by atoms with Crippen molar-refractivity contribution >= 4 is 28.9 Å². The molecular formula is C20H18N4O4. The molecule has 8 heteroatoms. The van der Waals surface area contributed by atoms with Crippen molar-refractivity contribution in [2.45, 2.75) is 18.3 Å². The van der Waals surface area contributed by atoms with Crippen molar-refractivity contribution in [1.29, 1.82) is 0 Å². The van der Waals surface area contributed by atoms with E-state index in [1.54, 1.807) is 24.3 Å². The molecule has 0 saturated heterocycles. The van der Waals surface area contributed by atoms with Crippen LogP contribution in [-0.2, 0) is 10.2 Å². The Morgan fingerprint density at radius 3 is 2.61 bits per heavy atom. The van der Waals surface area contributed by atoms with Gasteiger partial charge >= 0.3 is 0 Å². The molecule has 142 valence electrons. The third-order valence-electron chi connectivity index (χ3n) is 4.69. The number of hydrogen-bond donors (Lipinski definition) is 2. The summed E-state index contributed by atoms with van der Waals surface area (Å²) in [5.74, 6) is -0.821. The number of carbonyl (C=O) groups excluding carboxylic acids is 2. The van der Waals surface area contributed by atoms with Crippen LogP contribution in [0.15, 0.2) is 62.0 Å². The maximum atomic E-state index is 12.7. The van der Waals surface area contributed by atoms with Crippen LogP contribution in [0.4, 0.5) is 17.1 Å². The summed E-state index contributed by atoms with van der Waals surface area (Å²) in [5.41, 5.74) is -0.114. The molecule has 2 N–H and O–H groups in total. The number of anilines is 2. The highest BCUT2D eigenvalue weighted by molar-refractivity contribution is 6.09. The Morgan fingerprint density at radius 1 is 1.32 bits per heavy atom. The van der Waals surface area contributed by atoms with Crippen molar-refractivity contribution in [3.63, 3.8) is 0 Å². The average molecular weight is 378 g/mol. The van der Waals surface area contributed by atoms with E-state index in [0.717, 1.165) is 0 Å². The smallest absolute Gasteiger partial charge is 0.294 e. The van der Waals surface area contributed by atoms with Gasteiger partial charge in [-0.3, -0.25) is 24.7 Å². The van der Waals surface area contributed by atoms with E-state index in [9.17, 15) is 19.7 Å². The fraction of sp³-hybridized carbons (Fsp3) is 0.150. The van der Waals surface area contributed by atoms with Crippen LogP contribution in [-0.4, -0.2) is 21.7 Å². The van der Waals surface area contributed by atoms with Gasteiger partial charge in [-0.2, -0.15) is 0 Å². The molecule has 1 aliphatic rings. The second-order valence-corrected chi connectivity index (χ2v) is 6.39. The van der Waals surface area contributed by atoms with Crippen molar-refractivity contribution in [3.05, 3.63) is 83.2 Å². The van der Waals surface area contributed by atoms with Gasteiger partial charge in [-0.05, 0) is 36.6 Å². The summed E-state index contributed by atoms with van der Waals surface area (Å²) in [4.78, 5) is 40.0. The number of nitro benzene ring substituents is 1. The first-order valence-electron chi connectivity index (χ1n) is 8.50. The molecule has 0 bridgehead atoms. The molecule has 28 heavy (non-hydrogen) atoms. The van der Waals surface area contributed by atoms with Gasteiger partial charge in [-0.25, -0.2) is 0 Å².